The van der Waals surface area contributed by atoms with Crippen LogP contribution < -0.4 is 10.9 Å². The number of nitrogens with zero attached hydrogens (tertiary/aromatic N) is 1. The monoisotopic (exact) mass is 308 g/mol. The van der Waals surface area contributed by atoms with Gasteiger partial charge in [-0.2, -0.15) is 0 Å². The minimum Gasteiger partial charge on any atom is -0.480 e. The van der Waals surface area contributed by atoms with E-state index in [1.807, 2.05) is 20.8 Å². The Morgan fingerprint density at radius 2 is 1.95 bits per heavy atom. The van der Waals surface area contributed by atoms with E-state index in [0.29, 0.717) is 12.8 Å². The molecule has 0 spiro atoms. The number of pyridine rings is 1. The molecule has 1 aromatic heterocycles. The van der Waals surface area contributed by atoms with Gasteiger partial charge in [-0.15, -0.1) is 0 Å². The van der Waals surface area contributed by atoms with Gasteiger partial charge in [-0.05, 0) is 31.2 Å². The number of hydrogen-bond donors (Lipinski definition) is 2. The molecular formula is C16H24N2O4. The Labute approximate surface area is 130 Å². The zero-order valence-electron chi connectivity index (χ0n) is 13.5. The van der Waals surface area contributed by atoms with E-state index in [-0.39, 0.29) is 11.5 Å². The number of carboxylic acid groups (broad SMARTS) is 1. The van der Waals surface area contributed by atoms with Crippen molar-refractivity contribution < 1.29 is 14.7 Å². The molecule has 1 rings (SSSR count). The van der Waals surface area contributed by atoms with Gasteiger partial charge in [-0.1, -0.05) is 26.8 Å². The smallest absolute Gasteiger partial charge is 0.326 e. The van der Waals surface area contributed by atoms with Gasteiger partial charge < -0.3 is 15.0 Å². The van der Waals surface area contributed by atoms with Gasteiger partial charge in [0, 0.05) is 12.3 Å². The van der Waals surface area contributed by atoms with Crippen molar-refractivity contribution in [3.8, 4) is 0 Å². The number of carbonyl (C=O) groups is 2. The predicted molar refractivity (Wildman–Crippen MR) is 83.8 cm³/mol. The summed E-state index contributed by atoms with van der Waals surface area (Å²) in [6, 6.07) is 1.44. The van der Waals surface area contributed by atoms with Crippen LogP contribution >= 0.6 is 0 Å². The van der Waals surface area contributed by atoms with Gasteiger partial charge >= 0.3 is 5.97 Å². The van der Waals surface area contributed by atoms with Crippen molar-refractivity contribution in [3.05, 3.63) is 34.2 Å². The van der Waals surface area contributed by atoms with Crippen LogP contribution in [0.1, 0.15) is 45.2 Å². The third kappa shape index (κ3) is 4.72. The van der Waals surface area contributed by atoms with Gasteiger partial charge in [0.2, 0.25) is 5.91 Å². The van der Waals surface area contributed by atoms with Crippen molar-refractivity contribution in [3.63, 3.8) is 0 Å². The Bertz CT molecular complexity index is 592. The molecule has 0 aliphatic heterocycles. The van der Waals surface area contributed by atoms with Crippen LogP contribution in [0.5, 0.6) is 0 Å². The zero-order valence-corrected chi connectivity index (χ0v) is 13.5. The second-order valence-electron chi connectivity index (χ2n) is 5.90. The summed E-state index contributed by atoms with van der Waals surface area (Å²) in [5.74, 6) is -1.36. The molecule has 1 aromatic rings. The lowest BCUT2D eigenvalue weighted by Gasteiger charge is -2.22. The largest absolute Gasteiger partial charge is 0.480 e. The number of amides is 1. The first-order valence-electron chi connectivity index (χ1n) is 7.48. The van der Waals surface area contributed by atoms with Gasteiger partial charge in [0.1, 0.15) is 12.1 Å². The Morgan fingerprint density at radius 1 is 1.32 bits per heavy atom. The second-order valence-corrected chi connectivity index (χ2v) is 5.90. The van der Waals surface area contributed by atoms with E-state index >= 15 is 0 Å². The summed E-state index contributed by atoms with van der Waals surface area (Å²) in [6.45, 7) is 7.41. The summed E-state index contributed by atoms with van der Waals surface area (Å²) in [5, 5.41) is 11.8. The molecule has 0 aliphatic rings. The quantitative estimate of drug-likeness (QED) is 0.803. The average molecular weight is 308 g/mol. The van der Waals surface area contributed by atoms with Crippen LogP contribution in [-0.2, 0) is 9.59 Å². The fraction of sp³-hybridized carbons (Fsp3) is 0.562. The summed E-state index contributed by atoms with van der Waals surface area (Å²) in [7, 11) is 0. The molecule has 6 nitrogen and oxygen atoms in total. The first-order valence-corrected chi connectivity index (χ1v) is 7.48. The molecule has 0 bridgehead atoms. The molecule has 1 heterocycles. The maximum absolute atomic E-state index is 12.4. The van der Waals surface area contributed by atoms with Crippen LogP contribution in [0.2, 0.25) is 0 Å². The number of aromatic nitrogens is 1. The van der Waals surface area contributed by atoms with Crippen LogP contribution in [0, 0.1) is 12.8 Å². The first-order chi connectivity index (χ1) is 10.3. The van der Waals surface area contributed by atoms with E-state index in [2.05, 4.69) is 5.32 Å². The Balaban J connectivity index is 2.99. The summed E-state index contributed by atoms with van der Waals surface area (Å²) in [5.41, 5.74) is 0.589. The second kappa shape index (κ2) is 7.77. The number of aliphatic carboxylic acids is 1. The maximum atomic E-state index is 12.4. The van der Waals surface area contributed by atoms with Crippen molar-refractivity contribution in [2.24, 2.45) is 5.92 Å². The molecule has 2 N–H and O–H groups in total. The Morgan fingerprint density at radius 3 is 2.45 bits per heavy atom. The molecule has 2 unspecified atom stereocenters. The van der Waals surface area contributed by atoms with E-state index in [1.165, 1.54) is 10.6 Å². The van der Waals surface area contributed by atoms with Crippen LogP contribution in [0.4, 0.5) is 0 Å². The van der Waals surface area contributed by atoms with Gasteiger partial charge in [-0.3, -0.25) is 9.59 Å². The third-order valence-electron chi connectivity index (χ3n) is 3.43. The Kier molecular flexibility index (Phi) is 6.34. The number of nitrogens with one attached hydrogen (secondary N) is 1. The summed E-state index contributed by atoms with van der Waals surface area (Å²) < 4.78 is 1.36. The van der Waals surface area contributed by atoms with E-state index in [4.69, 9.17) is 0 Å². The fourth-order valence-corrected chi connectivity index (χ4v) is 2.33. The number of carbonyl (C=O) groups excluding carboxylic acids is 1. The van der Waals surface area contributed by atoms with E-state index < -0.39 is 24.0 Å². The normalized spacial score (nSPS) is 13.7. The molecule has 1 amide bonds. The lowest BCUT2D eigenvalue weighted by atomic mass is 10.0. The minimum atomic E-state index is -1.06. The predicted octanol–water partition coefficient (Wildman–Crippen LogP) is 1.72. The molecule has 0 fully saturated rings. The highest BCUT2D eigenvalue weighted by molar-refractivity contribution is 5.85. The van der Waals surface area contributed by atoms with Crippen LogP contribution in [-0.4, -0.2) is 27.6 Å². The lowest BCUT2D eigenvalue weighted by Crippen LogP contribution is -2.46. The van der Waals surface area contributed by atoms with Crippen LogP contribution in [0.15, 0.2) is 23.1 Å². The zero-order chi connectivity index (χ0) is 16.9. The molecule has 22 heavy (non-hydrogen) atoms. The van der Waals surface area contributed by atoms with Gasteiger partial charge in [-0.25, -0.2) is 4.79 Å². The molecule has 0 saturated carbocycles. The van der Waals surface area contributed by atoms with E-state index in [1.54, 1.807) is 19.2 Å². The topological polar surface area (TPSA) is 88.4 Å². The highest BCUT2D eigenvalue weighted by Crippen LogP contribution is 2.12. The van der Waals surface area contributed by atoms with Crippen LogP contribution in [0.3, 0.4) is 0 Å². The van der Waals surface area contributed by atoms with E-state index in [9.17, 15) is 19.5 Å². The molecule has 6 heteroatoms. The average Bonchev–Trinajstić information content (AvgIpc) is 2.42. The van der Waals surface area contributed by atoms with Crippen molar-refractivity contribution >= 4 is 11.9 Å². The van der Waals surface area contributed by atoms with Crippen molar-refractivity contribution in [1.29, 1.82) is 0 Å². The highest BCUT2D eigenvalue weighted by Gasteiger charge is 2.26. The summed E-state index contributed by atoms with van der Waals surface area (Å²) in [4.78, 5) is 35.6. The van der Waals surface area contributed by atoms with Gasteiger partial charge in [0.25, 0.3) is 5.56 Å². The van der Waals surface area contributed by atoms with Gasteiger partial charge in [0.15, 0.2) is 0 Å². The third-order valence-corrected chi connectivity index (χ3v) is 3.43. The van der Waals surface area contributed by atoms with Gasteiger partial charge in [0.05, 0.1) is 0 Å². The number of aryl methyl sites for hydroxylation is 1. The molecule has 0 radical (unpaired) electrons. The molecule has 2 atom stereocenters. The number of rotatable bonds is 7. The highest BCUT2D eigenvalue weighted by atomic mass is 16.4. The number of carboxylic acids is 1. The van der Waals surface area contributed by atoms with Crippen molar-refractivity contribution in [2.45, 2.75) is 52.6 Å². The van der Waals surface area contributed by atoms with Crippen molar-refractivity contribution in [1.82, 2.24) is 9.88 Å². The summed E-state index contributed by atoms with van der Waals surface area (Å²) in [6.07, 6.45) is 2.37. The van der Waals surface area contributed by atoms with E-state index in [0.717, 1.165) is 5.56 Å². The standard InChI is InChI=1S/C16H24N2O4/c1-5-13(18-9-11(4)6-7-14(18)19)15(20)17-12(16(21)22)8-10(2)3/h6-7,9-10,12-13H,5,8H2,1-4H3,(H,17,20)(H,21,22). The molecule has 0 aromatic carbocycles. The summed E-state index contributed by atoms with van der Waals surface area (Å²) >= 11 is 0. The van der Waals surface area contributed by atoms with Crippen molar-refractivity contribution in [2.75, 3.05) is 0 Å². The molecule has 0 saturated heterocycles. The fourth-order valence-electron chi connectivity index (χ4n) is 2.33. The lowest BCUT2D eigenvalue weighted by molar-refractivity contribution is -0.142. The maximum Gasteiger partial charge on any atom is 0.326 e. The number of hydrogen-bond acceptors (Lipinski definition) is 3. The molecule has 0 aliphatic carbocycles. The molecule has 122 valence electrons. The minimum absolute atomic E-state index is 0.142. The SMILES string of the molecule is CCC(C(=O)NC(CC(C)C)C(=O)O)n1cc(C)ccc1=O. The molecular weight excluding hydrogens is 284 g/mol. The van der Waals surface area contributed by atoms with Crippen LogP contribution in [0.25, 0.3) is 0 Å². The Hall–Kier alpha value is -2.11. The first kappa shape index (κ1) is 17.9.